The number of thioether (sulfide) groups is 1. The molecular weight excluding hydrogens is 326 g/mol. The Kier molecular flexibility index (Phi) is 7.52. The topological polar surface area (TPSA) is 82.5 Å². The van der Waals surface area contributed by atoms with Crippen molar-refractivity contribution in [2.24, 2.45) is 0 Å². The van der Waals surface area contributed by atoms with Gasteiger partial charge in [-0.3, -0.25) is 19.5 Å². The van der Waals surface area contributed by atoms with E-state index in [4.69, 9.17) is 5.11 Å². The first kappa shape index (κ1) is 18.7. The molecule has 24 heavy (non-hydrogen) atoms. The van der Waals surface area contributed by atoms with Crippen LogP contribution in [-0.4, -0.2) is 57.8 Å². The standard InChI is InChI=1S/C17H25N3O3S/c1-2-20(11-17(22)23)15-9-14(10-15)19-16(21)6-8-24-12-13-5-3-4-7-18-13/h3-5,7,14-15H,2,6,8-12H2,1H3,(H,19,21)(H,22,23). The molecule has 0 bridgehead atoms. The van der Waals surface area contributed by atoms with Gasteiger partial charge in [0.2, 0.25) is 5.91 Å². The quantitative estimate of drug-likeness (QED) is 0.625. The molecule has 7 heteroatoms. The smallest absolute Gasteiger partial charge is 0.317 e. The molecule has 1 amide bonds. The van der Waals surface area contributed by atoms with Crippen molar-refractivity contribution in [2.45, 2.75) is 44.0 Å². The highest BCUT2D eigenvalue weighted by atomic mass is 32.2. The van der Waals surface area contributed by atoms with Crippen LogP contribution in [0.3, 0.4) is 0 Å². The van der Waals surface area contributed by atoms with E-state index in [0.29, 0.717) is 6.42 Å². The third kappa shape index (κ3) is 6.13. The molecule has 1 heterocycles. The Morgan fingerprint density at radius 2 is 2.21 bits per heavy atom. The van der Waals surface area contributed by atoms with Crippen molar-refractivity contribution >= 4 is 23.6 Å². The number of amides is 1. The van der Waals surface area contributed by atoms with E-state index in [0.717, 1.165) is 36.6 Å². The predicted octanol–water partition coefficient (Wildman–Crippen LogP) is 1.76. The molecule has 1 aliphatic carbocycles. The lowest BCUT2D eigenvalue weighted by Crippen LogP contribution is -2.54. The van der Waals surface area contributed by atoms with Crippen LogP contribution in [0.4, 0.5) is 0 Å². The molecule has 2 N–H and O–H groups in total. The minimum absolute atomic E-state index is 0.0754. The highest BCUT2D eigenvalue weighted by Gasteiger charge is 2.34. The number of carboxylic acid groups (broad SMARTS) is 1. The van der Waals surface area contributed by atoms with Gasteiger partial charge in [-0.2, -0.15) is 11.8 Å². The molecule has 0 unspecified atom stereocenters. The number of hydrogen-bond donors (Lipinski definition) is 2. The highest BCUT2D eigenvalue weighted by Crippen LogP contribution is 2.25. The van der Waals surface area contributed by atoms with Gasteiger partial charge in [0.25, 0.3) is 0 Å². The van der Waals surface area contributed by atoms with Crippen LogP contribution in [0.1, 0.15) is 31.9 Å². The summed E-state index contributed by atoms with van der Waals surface area (Å²) in [5, 5.41) is 11.9. The molecule has 2 rings (SSSR count). The van der Waals surface area contributed by atoms with E-state index in [9.17, 15) is 9.59 Å². The summed E-state index contributed by atoms with van der Waals surface area (Å²) in [5.41, 5.74) is 1.03. The second-order valence-corrected chi connectivity index (χ2v) is 7.08. The summed E-state index contributed by atoms with van der Waals surface area (Å²) < 4.78 is 0. The maximum Gasteiger partial charge on any atom is 0.317 e. The molecule has 6 nitrogen and oxygen atoms in total. The van der Waals surface area contributed by atoms with E-state index in [1.807, 2.05) is 30.0 Å². The molecule has 0 aromatic carbocycles. The number of likely N-dealkylation sites (N-methyl/N-ethyl adjacent to an activating group) is 1. The largest absolute Gasteiger partial charge is 0.480 e. The van der Waals surface area contributed by atoms with Crippen molar-refractivity contribution in [1.82, 2.24) is 15.2 Å². The van der Waals surface area contributed by atoms with Gasteiger partial charge in [-0.05, 0) is 31.5 Å². The van der Waals surface area contributed by atoms with Crippen LogP contribution in [0.15, 0.2) is 24.4 Å². The van der Waals surface area contributed by atoms with Crippen molar-refractivity contribution in [3.63, 3.8) is 0 Å². The van der Waals surface area contributed by atoms with E-state index in [2.05, 4.69) is 10.3 Å². The number of carbonyl (C=O) groups excluding carboxylic acids is 1. The monoisotopic (exact) mass is 351 g/mol. The Bertz CT molecular complexity index is 535. The van der Waals surface area contributed by atoms with Crippen LogP contribution in [-0.2, 0) is 15.3 Å². The Morgan fingerprint density at radius 1 is 1.42 bits per heavy atom. The molecule has 1 aliphatic rings. The Morgan fingerprint density at radius 3 is 2.83 bits per heavy atom. The van der Waals surface area contributed by atoms with Crippen LogP contribution in [0.2, 0.25) is 0 Å². The van der Waals surface area contributed by atoms with Gasteiger partial charge in [0.1, 0.15) is 0 Å². The maximum absolute atomic E-state index is 11.9. The van der Waals surface area contributed by atoms with Gasteiger partial charge in [0.05, 0.1) is 12.2 Å². The number of carbonyl (C=O) groups is 2. The number of nitrogens with zero attached hydrogens (tertiary/aromatic N) is 2. The molecule has 132 valence electrons. The zero-order chi connectivity index (χ0) is 17.4. The summed E-state index contributed by atoms with van der Waals surface area (Å²) in [6.45, 7) is 2.77. The van der Waals surface area contributed by atoms with Gasteiger partial charge < -0.3 is 10.4 Å². The van der Waals surface area contributed by atoms with Gasteiger partial charge in [-0.25, -0.2) is 0 Å². The van der Waals surface area contributed by atoms with E-state index < -0.39 is 5.97 Å². The average molecular weight is 351 g/mol. The number of pyridine rings is 1. The molecule has 0 saturated heterocycles. The fraction of sp³-hybridized carbons (Fsp3) is 0.588. The Labute approximate surface area is 147 Å². The van der Waals surface area contributed by atoms with Crippen molar-refractivity contribution in [3.8, 4) is 0 Å². The van der Waals surface area contributed by atoms with Crippen LogP contribution >= 0.6 is 11.8 Å². The Hall–Kier alpha value is -1.60. The number of carboxylic acids is 1. The molecule has 0 spiro atoms. The van der Waals surface area contributed by atoms with Crippen LogP contribution in [0, 0.1) is 0 Å². The fourth-order valence-electron chi connectivity index (χ4n) is 2.80. The first-order valence-electron chi connectivity index (χ1n) is 8.31. The summed E-state index contributed by atoms with van der Waals surface area (Å²) in [6.07, 6.45) is 3.97. The van der Waals surface area contributed by atoms with Gasteiger partial charge >= 0.3 is 5.97 Å². The number of nitrogens with one attached hydrogen (secondary N) is 1. The van der Waals surface area contributed by atoms with E-state index in [1.165, 1.54) is 0 Å². The summed E-state index contributed by atoms with van der Waals surface area (Å²) in [7, 11) is 0. The third-order valence-corrected chi connectivity index (χ3v) is 5.18. The van der Waals surface area contributed by atoms with Crippen molar-refractivity contribution in [1.29, 1.82) is 0 Å². The highest BCUT2D eigenvalue weighted by molar-refractivity contribution is 7.98. The molecule has 1 saturated carbocycles. The Balaban J connectivity index is 1.56. The number of rotatable bonds is 10. The van der Waals surface area contributed by atoms with Crippen molar-refractivity contribution < 1.29 is 14.7 Å². The zero-order valence-corrected chi connectivity index (χ0v) is 14.8. The molecule has 1 aromatic heterocycles. The van der Waals surface area contributed by atoms with Crippen LogP contribution in [0.5, 0.6) is 0 Å². The van der Waals surface area contributed by atoms with E-state index >= 15 is 0 Å². The normalized spacial score (nSPS) is 19.8. The van der Waals surface area contributed by atoms with Crippen LogP contribution in [0.25, 0.3) is 0 Å². The van der Waals surface area contributed by atoms with Crippen LogP contribution < -0.4 is 5.32 Å². The lowest BCUT2D eigenvalue weighted by molar-refractivity contribution is -0.139. The summed E-state index contributed by atoms with van der Waals surface area (Å²) >= 11 is 1.71. The fourth-order valence-corrected chi connectivity index (χ4v) is 3.66. The molecule has 1 fully saturated rings. The minimum atomic E-state index is -0.797. The van der Waals surface area contributed by atoms with E-state index in [-0.39, 0.29) is 24.5 Å². The van der Waals surface area contributed by atoms with Gasteiger partial charge in [-0.15, -0.1) is 0 Å². The number of hydrogen-bond acceptors (Lipinski definition) is 5. The molecular formula is C17H25N3O3S. The SMILES string of the molecule is CCN(CC(=O)O)C1CC(NC(=O)CCSCc2ccccn2)C1. The summed E-state index contributed by atoms with van der Waals surface area (Å²) in [4.78, 5) is 28.9. The minimum Gasteiger partial charge on any atom is -0.480 e. The van der Waals surface area contributed by atoms with Crippen molar-refractivity contribution in [2.75, 3.05) is 18.8 Å². The lowest BCUT2D eigenvalue weighted by Gasteiger charge is -2.42. The molecule has 1 aromatic rings. The molecule has 0 radical (unpaired) electrons. The van der Waals surface area contributed by atoms with Gasteiger partial charge in [0.15, 0.2) is 0 Å². The average Bonchev–Trinajstić information content (AvgIpc) is 2.53. The third-order valence-electron chi connectivity index (χ3n) is 4.19. The maximum atomic E-state index is 11.9. The van der Waals surface area contributed by atoms with E-state index in [1.54, 1.807) is 18.0 Å². The second kappa shape index (κ2) is 9.64. The number of aromatic nitrogens is 1. The summed E-state index contributed by atoms with van der Waals surface area (Å²) in [5.74, 6) is 0.876. The van der Waals surface area contributed by atoms with Gasteiger partial charge in [-0.1, -0.05) is 13.0 Å². The number of aliphatic carboxylic acids is 1. The first-order chi connectivity index (χ1) is 11.6. The van der Waals surface area contributed by atoms with Gasteiger partial charge in [0, 0.05) is 36.2 Å². The predicted molar refractivity (Wildman–Crippen MR) is 94.9 cm³/mol. The summed E-state index contributed by atoms with van der Waals surface area (Å²) in [6, 6.07) is 6.30. The lowest BCUT2D eigenvalue weighted by atomic mass is 9.85. The zero-order valence-electron chi connectivity index (χ0n) is 14.0. The first-order valence-corrected chi connectivity index (χ1v) is 9.46. The molecule has 0 atom stereocenters. The molecule has 0 aliphatic heterocycles. The second-order valence-electron chi connectivity index (χ2n) is 5.97. The van der Waals surface area contributed by atoms with Crippen molar-refractivity contribution in [3.05, 3.63) is 30.1 Å².